The largest absolute Gasteiger partial charge is 0.398 e. The molecule has 19 heavy (non-hydrogen) atoms. The first-order valence-corrected chi connectivity index (χ1v) is 7.74. The number of aliphatic hydroxyl groups excluding tert-OH is 1. The first-order chi connectivity index (χ1) is 8.65. The minimum atomic E-state index is -3.73. The molecule has 7 heteroatoms. The molecular weight excluding hydrogens is 288 g/mol. The molecule has 0 bridgehead atoms. The number of halogens is 1. The number of hydrogen-bond acceptors (Lipinski definition) is 4. The number of aliphatic hydroxyl groups is 1. The van der Waals surface area contributed by atoms with Gasteiger partial charge in [-0.3, -0.25) is 0 Å². The summed E-state index contributed by atoms with van der Waals surface area (Å²) in [7, 11) is -3.73. The SMILES string of the molecule is Cc1c(N)cc(S(=O)(=O)NCC(O)C(C)C)cc1Cl. The average molecular weight is 307 g/mol. The summed E-state index contributed by atoms with van der Waals surface area (Å²) in [5, 5.41) is 9.91. The van der Waals surface area contributed by atoms with Crippen LogP contribution in [0.5, 0.6) is 0 Å². The fourth-order valence-electron chi connectivity index (χ4n) is 1.34. The maximum Gasteiger partial charge on any atom is 0.240 e. The van der Waals surface area contributed by atoms with Crippen LogP contribution < -0.4 is 10.5 Å². The summed E-state index contributed by atoms with van der Waals surface area (Å²) in [4.78, 5) is -0.00319. The van der Waals surface area contributed by atoms with Crippen molar-refractivity contribution in [3.63, 3.8) is 0 Å². The van der Waals surface area contributed by atoms with Crippen molar-refractivity contribution in [1.82, 2.24) is 4.72 Å². The summed E-state index contributed by atoms with van der Waals surface area (Å²) >= 11 is 5.92. The van der Waals surface area contributed by atoms with E-state index in [0.717, 1.165) is 0 Å². The van der Waals surface area contributed by atoms with Gasteiger partial charge in [-0.25, -0.2) is 13.1 Å². The standard InChI is InChI=1S/C12H19ClN2O3S/c1-7(2)12(16)6-15-19(17,18)9-4-10(13)8(3)11(14)5-9/h4-5,7,12,15-16H,6,14H2,1-3H3. The molecule has 0 radical (unpaired) electrons. The van der Waals surface area contributed by atoms with Crippen LogP contribution in [0.3, 0.4) is 0 Å². The van der Waals surface area contributed by atoms with Crippen LogP contribution in [0.1, 0.15) is 19.4 Å². The van der Waals surface area contributed by atoms with Gasteiger partial charge in [-0.1, -0.05) is 25.4 Å². The summed E-state index contributed by atoms with van der Waals surface area (Å²) in [6.07, 6.45) is -0.743. The monoisotopic (exact) mass is 306 g/mol. The molecule has 0 spiro atoms. The lowest BCUT2D eigenvalue weighted by atomic mass is 10.1. The predicted octanol–water partition coefficient (Wildman–Crippen LogP) is 1.53. The van der Waals surface area contributed by atoms with Gasteiger partial charge in [-0.15, -0.1) is 0 Å². The number of nitrogens with one attached hydrogen (secondary N) is 1. The maximum atomic E-state index is 12.0. The van der Waals surface area contributed by atoms with Crippen molar-refractivity contribution in [2.24, 2.45) is 5.92 Å². The van der Waals surface area contributed by atoms with Crippen molar-refractivity contribution in [2.45, 2.75) is 31.8 Å². The van der Waals surface area contributed by atoms with Crippen molar-refractivity contribution in [1.29, 1.82) is 0 Å². The van der Waals surface area contributed by atoms with Crippen LogP contribution in [0.25, 0.3) is 0 Å². The molecule has 0 aliphatic rings. The summed E-state index contributed by atoms with van der Waals surface area (Å²) in [6, 6.07) is 2.70. The van der Waals surface area contributed by atoms with E-state index in [2.05, 4.69) is 4.72 Å². The van der Waals surface area contributed by atoms with Crippen molar-refractivity contribution >= 4 is 27.3 Å². The minimum Gasteiger partial charge on any atom is -0.398 e. The van der Waals surface area contributed by atoms with Crippen LogP contribution in [0, 0.1) is 12.8 Å². The molecule has 5 nitrogen and oxygen atoms in total. The lowest BCUT2D eigenvalue weighted by molar-refractivity contribution is 0.129. The van der Waals surface area contributed by atoms with Gasteiger partial charge in [0.15, 0.2) is 0 Å². The van der Waals surface area contributed by atoms with E-state index in [4.69, 9.17) is 17.3 Å². The Morgan fingerprint density at radius 1 is 1.42 bits per heavy atom. The van der Waals surface area contributed by atoms with Gasteiger partial charge in [-0.05, 0) is 30.5 Å². The number of sulfonamides is 1. The van der Waals surface area contributed by atoms with E-state index in [1.165, 1.54) is 12.1 Å². The molecule has 0 heterocycles. The van der Waals surface area contributed by atoms with Gasteiger partial charge in [0.25, 0.3) is 0 Å². The van der Waals surface area contributed by atoms with Crippen LogP contribution in [0.4, 0.5) is 5.69 Å². The van der Waals surface area contributed by atoms with Crippen molar-refractivity contribution < 1.29 is 13.5 Å². The second-order valence-electron chi connectivity index (χ2n) is 4.78. The van der Waals surface area contributed by atoms with E-state index < -0.39 is 16.1 Å². The Kier molecular flexibility index (Phi) is 5.20. The topological polar surface area (TPSA) is 92.4 Å². The maximum absolute atomic E-state index is 12.0. The number of anilines is 1. The Bertz CT molecular complexity index is 535. The highest BCUT2D eigenvalue weighted by Crippen LogP contribution is 2.25. The molecule has 0 aliphatic heterocycles. The van der Waals surface area contributed by atoms with Crippen molar-refractivity contribution in [3.05, 3.63) is 22.7 Å². The molecule has 0 amide bonds. The van der Waals surface area contributed by atoms with Gasteiger partial charge in [0.1, 0.15) is 0 Å². The Balaban J connectivity index is 2.95. The van der Waals surface area contributed by atoms with E-state index in [9.17, 15) is 13.5 Å². The Morgan fingerprint density at radius 2 is 2.00 bits per heavy atom. The molecule has 108 valence electrons. The van der Waals surface area contributed by atoms with E-state index >= 15 is 0 Å². The van der Waals surface area contributed by atoms with Gasteiger partial charge in [-0.2, -0.15) is 0 Å². The van der Waals surface area contributed by atoms with Crippen molar-refractivity contribution in [3.8, 4) is 0 Å². The molecule has 0 aromatic heterocycles. The zero-order valence-electron chi connectivity index (χ0n) is 11.1. The number of hydrogen-bond donors (Lipinski definition) is 3. The van der Waals surface area contributed by atoms with Gasteiger partial charge in [0.05, 0.1) is 11.0 Å². The fraction of sp³-hybridized carbons (Fsp3) is 0.500. The van der Waals surface area contributed by atoms with Gasteiger partial charge in [0, 0.05) is 17.3 Å². The normalized spacial score (nSPS) is 13.8. The number of nitrogen functional groups attached to an aromatic ring is 1. The molecular formula is C12H19ClN2O3S. The second kappa shape index (κ2) is 6.09. The molecule has 0 saturated carbocycles. The summed E-state index contributed by atoms with van der Waals surface area (Å²) < 4.78 is 26.4. The van der Waals surface area contributed by atoms with Crippen LogP contribution in [-0.4, -0.2) is 26.2 Å². The van der Waals surface area contributed by atoms with E-state index in [1.807, 2.05) is 0 Å². The molecule has 4 N–H and O–H groups in total. The molecule has 0 saturated heterocycles. The first kappa shape index (κ1) is 16.2. The summed E-state index contributed by atoms with van der Waals surface area (Å²) in [6.45, 7) is 5.27. The van der Waals surface area contributed by atoms with E-state index in [1.54, 1.807) is 20.8 Å². The quantitative estimate of drug-likeness (QED) is 0.719. The second-order valence-corrected chi connectivity index (χ2v) is 6.96. The van der Waals surface area contributed by atoms with E-state index in [-0.39, 0.29) is 17.4 Å². The highest BCUT2D eigenvalue weighted by Gasteiger charge is 2.19. The first-order valence-electron chi connectivity index (χ1n) is 5.88. The van der Waals surface area contributed by atoms with Crippen molar-refractivity contribution in [2.75, 3.05) is 12.3 Å². The number of nitrogens with two attached hydrogens (primary N) is 1. The molecule has 1 rings (SSSR count). The third kappa shape index (κ3) is 4.07. The zero-order valence-corrected chi connectivity index (χ0v) is 12.7. The third-order valence-electron chi connectivity index (χ3n) is 2.92. The molecule has 1 atom stereocenters. The number of benzene rings is 1. The molecule has 1 unspecified atom stereocenters. The third-order valence-corrected chi connectivity index (χ3v) is 4.72. The van der Waals surface area contributed by atoms with Crippen LogP contribution in [0.15, 0.2) is 17.0 Å². The van der Waals surface area contributed by atoms with Gasteiger partial charge >= 0.3 is 0 Å². The molecule has 1 aromatic rings. The summed E-state index contributed by atoms with van der Waals surface area (Å²) in [5.74, 6) is -0.0330. The summed E-state index contributed by atoms with van der Waals surface area (Å²) in [5.41, 5.74) is 6.65. The lowest BCUT2D eigenvalue weighted by Crippen LogP contribution is -2.34. The molecule has 0 fully saturated rings. The number of rotatable bonds is 5. The van der Waals surface area contributed by atoms with Gasteiger partial charge < -0.3 is 10.8 Å². The highest BCUT2D eigenvalue weighted by atomic mass is 35.5. The van der Waals surface area contributed by atoms with Crippen LogP contribution in [0.2, 0.25) is 5.02 Å². The Morgan fingerprint density at radius 3 is 2.47 bits per heavy atom. The highest BCUT2D eigenvalue weighted by molar-refractivity contribution is 7.89. The van der Waals surface area contributed by atoms with E-state index in [0.29, 0.717) is 16.3 Å². The minimum absolute atomic E-state index is 0.00319. The van der Waals surface area contributed by atoms with Crippen LogP contribution in [-0.2, 0) is 10.0 Å². The smallest absolute Gasteiger partial charge is 0.240 e. The Labute approximate surface area is 118 Å². The lowest BCUT2D eigenvalue weighted by Gasteiger charge is -2.16. The predicted molar refractivity (Wildman–Crippen MR) is 76.6 cm³/mol. The molecule has 1 aromatic carbocycles. The Hall–Kier alpha value is -0.820. The zero-order chi connectivity index (χ0) is 14.8. The molecule has 0 aliphatic carbocycles. The van der Waals surface area contributed by atoms with Crippen LogP contribution >= 0.6 is 11.6 Å². The van der Waals surface area contributed by atoms with Gasteiger partial charge in [0.2, 0.25) is 10.0 Å². The fourth-order valence-corrected chi connectivity index (χ4v) is 2.75. The average Bonchev–Trinajstić information content (AvgIpc) is 2.32.